The summed E-state index contributed by atoms with van der Waals surface area (Å²) in [5.74, 6) is 0.470. The quantitative estimate of drug-likeness (QED) is 0.350. The van der Waals surface area contributed by atoms with Gasteiger partial charge in [-0.3, -0.25) is 0 Å². The van der Waals surface area contributed by atoms with Crippen molar-refractivity contribution in [1.82, 2.24) is 0 Å². The molecular formula is C27H29BrFNO3. The first kappa shape index (κ1) is 23.7. The van der Waals surface area contributed by atoms with Crippen LogP contribution in [0.15, 0.2) is 71.2 Å². The van der Waals surface area contributed by atoms with E-state index in [0.29, 0.717) is 23.2 Å². The number of rotatable bonds is 8. The zero-order chi connectivity index (χ0) is 23.4. The Hall–Kier alpha value is -2.41. The van der Waals surface area contributed by atoms with Crippen molar-refractivity contribution in [3.63, 3.8) is 0 Å². The molecule has 174 valence electrons. The van der Waals surface area contributed by atoms with Crippen molar-refractivity contribution in [3.8, 4) is 5.75 Å². The van der Waals surface area contributed by atoms with Crippen LogP contribution in [0.5, 0.6) is 5.75 Å². The Bertz CT molecular complexity index is 1090. The van der Waals surface area contributed by atoms with Gasteiger partial charge in [-0.1, -0.05) is 52.3 Å². The highest BCUT2D eigenvalue weighted by Crippen LogP contribution is 2.44. The summed E-state index contributed by atoms with van der Waals surface area (Å²) >= 11 is 3.30. The molecule has 0 aliphatic carbocycles. The number of nitrogens with one attached hydrogen (secondary N) is 1. The second-order valence-electron chi connectivity index (χ2n) is 8.64. The minimum absolute atomic E-state index is 0.126. The first-order valence-electron chi connectivity index (χ1n) is 11.2. The largest absolute Gasteiger partial charge is 0.485 e. The van der Waals surface area contributed by atoms with Crippen LogP contribution in [0.1, 0.15) is 43.6 Å². The Morgan fingerprint density at radius 2 is 1.82 bits per heavy atom. The summed E-state index contributed by atoms with van der Waals surface area (Å²) in [6.07, 6.45) is -0.761. The second kappa shape index (κ2) is 10.2. The van der Waals surface area contributed by atoms with Gasteiger partial charge in [0, 0.05) is 34.4 Å². The summed E-state index contributed by atoms with van der Waals surface area (Å²) in [5, 5.41) is 3.47. The van der Waals surface area contributed by atoms with Crippen LogP contribution in [0.2, 0.25) is 0 Å². The Kier molecular flexibility index (Phi) is 7.37. The van der Waals surface area contributed by atoms with E-state index in [2.05, 4.69) is 39.4 Å². The van der Waals surface area contributed by atoms with Crippen LogP contribution in [0.3, 0.4) is 0 Å². The predicted octanol–water partition coefficient (Wildman–Crippen LogP) is 7.03. The zero-order valence-electron chi connectivity index (χ0n) is 19.1. The number of hydrogen-bond acceptors (Lipinski definition) is 4. The molecule has 0 aromatic heterocycles. The SMILES string of the molecule is CCOC1c2cc(NCc3ccccc3)ccc2OC(C)(C)C1OCc1ccc(Br)cc1F. The molecule has 0 fully saturated rings. The highest BCUT2D eigenvalue weighted by atomic mass is 79.9. The molecule has 0 saturated heterocycles. The number of fused-ring (bicyclic) bond motifs is 1. The normalized spacial score (nSPS) is 18.9. The second-order valence-corrected chi connectivity index (χ2v) is 9.56. The van der Waals surface area contributed by atoms with E-state index >= 15 is 0 Å². The maximum atomic E-state index is 14.4. The van der Waals surface area contributed by atoms with Crippen LogP contribution in [0.4, 0.5) is 10.1 Å². The maximum absolute atomic E-state index is 14.4. The molecule has 1 aliphatic rings. The van der Waals surface area contributed by atoms with Crippen molar-refractivity contribution < 1.29 is 18.6 Å². The molecule has 1 N–H and O–H groups in total. The molecule has 0 amide bonds. The number of benzene rings is 3. The lowest BCUT2D eigenvalue weighted by molar-refractivity contribution is -0.166. The van der Waals surface area contributed by atoms with E-state index in [9.17, 15) is 4.39 Å². The fraction of sp³-hybridized carbons (Fsp3) is 0.333. The highest BCUT2D eigenvalue weighted by Gasteiger charge is 2.45. The van der Waals surface area contributed by atoms with Gasteiger partial charge >= 0.3 is 0 Å². The van der Waals surface area contributed by atoms with Crippen LogP contribution in [-0.4, -0.2) is 18.3 Å². The molecule has 4 nitrogen and oxygen atoms in total. The lowest BCUT2D eigenvalue weighted by Crippen LogP contribution is -2.51. The Morgan fingerprint density at radius 3 is 2.55 bits per heavy atom. The molecule has 4 rings (SSSR count). The maximum Gasteiger partial charge on any atom is 0.132 e. The van der Waals surface area contributed by atoms with Crippen molar-refractivity contribution >= 4 is 21.6 Å². The molecule has 3 aromatic rings. The van der Waals surface area contributed by atoms with Crippen LogP contribution in [-0.2, 0) is 22.6 Å². The fourth-order valence-electron chi connectivity index (χ4n) is 4.11. The lowest BCUT2D eigenvalue weighted by atomic mass is 9.87. The molecule has 6 heteroatoms. The van der Waals surface area contributed by atoms with E-state index in [-0.39, 0.29) is 18.5 Å². The van der Waals surface area contributed by atoms with Gasteiger partial charge in [-0.05, 0) is 56.7 Å². The van der Waals surface area contributed by atoms with Gasteiger partial charge in [0.05, 0.1) is 6.61 Å². The molecule has 0 saturated carbocycles. The minimum atomic E-state index is -0.655. The zero-order valence-corrected chi connectivity index (χ0v) is 20.7. The fourth-order valence-corrected chi connectivity index (χ4v) is 4.44. The van der Waals surface area contributed by atoms with Gasteiger partial charge in [-0.15, -0.1) is 0 Å². The summed E-state index contributed by atoms with van der Waals surface area (Å²) in [7, 11) is 0. The van der Waals surface area contributed by atoms with E-state index < -0.39 is 11.7 Å². The monoisotopic (exact) mass is 513 g/mol. The molecule has 1 aliphatic heterocycles. The summed E-state index contributed by atoms with van der Waals surface area (Å²) in [6, 6.07) is 21.3. The molecule has 1 heterocycles. The van der Waals surface area contributed by atoms with Crippen molar-refractivity contribution in [2.75, 3.05) is 11.9 Å². The highest BCUT2D eigenvalue weighted by molar-refractivity contribution is 9.10. The smallest absolute Gasteiger partial charge is 0.132 e. The average Bonchev–Trinajstić information content (AvgIpc) is 2.79. The van der Waals surface area contributed by atoms with E-state index in [4.69, 9.17) is 14.2 Å². The van der Waals surface area contributed by atoms with Crippen molar-refractivity contribution in [2.24, 2.45) is 0 Å². The first-order valence-corrected chi connectivity index (χ1v) is 11.9. The van der Waals surface area contributed by atoms with Gasteiger partial charge < -0.3 is 19.5 Å². The molecule has 3 aromatic carbocycles. The first-order chi connectivity index (χ1) is 15.9. The molecule has 0 spiro atoms. The third-order valence-corrected chi connectivity index (χ3v) is 6.26. The molecule has 0 bridgehead atoms. The van der Waals surface area contributed by atoms with Gasteiger partial charge in [0.25, 0.3) is 0 Å². The molecule has 0 radical (unpaired) electrons. The number of anilines is 1. The molecule has 2 atom stereocenters. The molecular weight excluding hydrogens is 485 g/mol. The minimum Gasteiger partial charge on any atom is -0.485 e. The Labute approximate surface area is 203 Å². The van der Waals surface area contributed by atoms with Gasteiger partial charge in [-0.25, -0.2) is 4.39 Å². The van der Waals surface area contributed by atoms with Gasteiger partial charge in [0.15, 0.2) is 0 Å². The summed E-state index contributed by atoms with van der Waals surface area (Å²) in [4.78, 5) is 0. The van der Waals surface area contributed by atoms with Crippen molar-refractivity contribution in [1.29, 1.82) is 0 Å². The van der Waals surface area contributed by atoms with Crippen molar-refractivity contribution in [3.05, 3.63) is 93.7 Å². The van der Waals surface area contributed by atoms with Crippen molar-refractivity contribution in [2.45, 2.75) is 51.7 Å². The standard InChI is InChI=1S/C27H29BrFNO3/c1-4-31-25-22-15-21(30-16-18-8-6-5-7-9-18)12-13-24(22)33-27(2,3)26(25)32-17-19-10-11-20(28)14-23(19)29/h5-15,25-26,30H,4,16-17H2,1-3H3. The van der Waals surface area contributed by atoms with Crippen LogP contribution in [0.25, 0.3) is 0 Å². The number of ether oxygens (including phenoxy) is 3. The van der Waals surface area contributed by atoms with E-state index in [1.807, 2.05) is 57.2 Å². The van der Waals surface area contributed by atoms with E-state index in [1.54, 1.807) is 6.07 Å². The third-order valence-electron chi connectivity index (χ3n) is 5.77. The summed E-state index contributed by atoms with van der Waals surface area (Å²) < 4.78 is 33.9. The molecule has 2 unspecified atom stereocenters. The average molecular weight is 514 g/mol. The predicted molar refractivity (Wildman–Crippen MR) is 132 cm³/mol. The summed E-state index contributed by atoms with van der Waals surface area (Å²) in [6.45, 7) is 7.28. The van der Waals surface area contributed by atoms with Crippen LogP contribution >= 0.6 is 15.9 Å². The van der Waals surface area contributed by atoms with Gasteiger partial charge in [0.2, 0.25) is 0 Å². The number of hydrogen-bond donors (Lipinski definition) is 1. The van der Waals surface area contributed by atoms with E-state index in [0.717, 1.165) is 17.0 Å². The summed E-state index contributed by atoms with van der Waals surface area (Å²) in [5.41, 5.74) is 2.94. The van der Waals surface area contributed by atoms with Crippen LogP contribution in [0, 0.1) is 5.82 Å². The molecule has 33 heavy (non-hydrogen) atoms. The van der Waals surface area contributed by atoms with E-state index in [1.165, 1.54) is 11.6 Å². The third kappa shape index (κ3) is 5.57. The topological polar surface area (TPSA) is 39.7 Å². The van der Waals surface area contributed by atoms with Crippen LogP contribution < -0.4 is 10.1 Å². The van der Waals surface area contributed by atoms with Gasteiger partial charge in [0.1, 0.15) is 29.4 Å². The lowest BCUT2D eigenvalue weighted by Gasteiger charge is -2.44. The Balaban J connectivity index is 1.57. The number of halogens is 2. The Morgan fingerprint density at radius 1 is 1.03 bits per heavy atom. The van der Waals surface area contributed by atoms with Gasteiger partial charge in [-0.2, -0.15) is 0 Å².